The van der Waals surface area contributed by atoms with Gasteiger partial charge in [0.1, 0.15) is 0 Å². The molecule has 0 spiro atoms. The monoisotopic (exact) mass is 382 g/mol. The number of amides is 2. The van der Waals surface area contributed by atoms with Crippen LogP contribution in [0.5, 0.6) is 0 Å². The van der Waals surface area contributed by atoms with Gasteiger partial charge >= 0.3 is 11.8 Å². The summed E-state index contributed by atoms with van der Waals surface area (Å²) in [7, 11) is 0. The highest BCUT2D eigenvalue weighted by Gasteiger charge is 2.28. The number of nitrogens with zero attached hydrogens (tertiary/aromatic N) is 1. The predicted molar refractivity (Wildman–Crippen MR) is 84.7 cm³/mol. The second-order valence-corrected chi connectivity index (χ2v) is 5.96. The zero-order valence-electron chi connectivity index (χ0n) is 12.4. The predicted octanol–water partition coefficient (Wildman–Crippen LogP) is -0.378. The van der Waals surface area contributed by atoms with Gasteiger partial charge < -0.3 is 0 Å². The number of hydrogen-bond acceptors (Lipinski definition) is 4. The SMILES string of the molecule is NC(=[NH+]OC(=O)CCCN1C(=O)CCC1=O)c1ccc(Br)cc1. The number of nitrogen functional groups attached to an aromatic ring is 1. The Morgan fingerprint density at radius 2 is 1.83 bits per heavy atom. The second-order valence-electron chi connectivity index (χ2n) is 5.04. The molecule has 0 aliphatic carbocycles. The Bertz CT molecular complexity index is 627. The van der Waals surface area contributed by atoms with Crippen molar-refractivity contribution < 1.29 is 24.4 Å². The molecular formula is C15H17BrN3O4+. The average Bonchev–Trinajstić information content (AvgIpc) is 2.85. The highest BCUT2D eigenvalue weighted by Crippen LogP contribution is 2.12. The standard InChI is InChI=1S/C15H16BrN3O4/c16-11-5-3-10(4-6-11)15(17)18-23-14(22)2-1-9-19-12(20)7-8-13(19)21/h3-6H,1-2,7-9H2,(H2,17,18)/p+1. The van der Waals surface area contributed by atoms with E-state index in [0.29, 0.717) is 12.0 Å². The zero-order valence-corrected chi connectivity index (χ0v) is 14.0. The molecule has 1 aromatic rings. The summed E-state index contributed by atoms with van der Waals surface area (Å²) >= 11 is 3.31. The topological polar surface area (TPSA) is 104 Å². The molecule has 0 saturated carbocycles. The van der Waals surface area contributed by atoms with Gasteiger partial charge in [-0.2, -0.15) is 0 Å². The van der Waals surface area contributed by atoms with Crippen molar-refractivity contribution in [3.05, 3.63) is 34.3 Å². The molecule has 8 heteroatoms. The minimum Gasteiger partial charge on any atom is -0.284 e. The third kappa shape index (κ3) is 4.88. The van der Waals surface area contributed by atoms with E-state index >= 15 is 0 Å². The first-order valence-electron chi connectivity index (χ1n) is 7.14. The van der Waals surface area contributed by atoms with Crippen LogP contribution < -0.4 is 10.9 Å². The Balaban J connectivity index is 1.76. The van der Waals surface area contributed by atoms with Crippen LogP contribution in [0.15, 0.2) is 28.7 Å². The summed E-state index contributed by atoms with van der Waals surface area (Å²) in [6.07, 6.45) is 0.945. The van der Waals surface area contributed by atoms with Crippen LogP contribution in [0.25, 0.3) is 0 Å². The van der Waals surface area contributed by atoms with Crippen LogP contribution in [0.4, 0.5) is 0 Å². The summed E-state index contributed by atoms with van der Waals surface area (Å²) in [5.41, 5.74) is 6.46. The molecule has 0 bridgehead atoms. The average molecular weight is 383 g/mol. The van der Waals surface area contributed by atoms with Gasteiger partial charge in [-0.1, -0.05) is 21.1 Å². The number of carbonyl (C=O) groups is 3. The molecule has 122 valence electrons. The van der Waals surface area contributed by atoms with Crippen LogP contribution in [0.1, 0.15) is 31.2 Å². The van der Waals surface area contributed by atoms with E-state index in [4.69, 9.17) is 10.6 Å². The number of amidine groups is 1. The molecule has 1 heterocycles. The molecule has 0 unspecified atom stereocenters. The van der Waals surface area contributed by atoms with Gasteiger partial charge in [0.2, 0.25) is 11.8 Å². The molecular weight excluding hydrogens is 366 g/mol. The van der Waals surface area contributed by atoms with Gasteiger partial charge in [0.25, 0.3) is 0 Å². The van der Waals surface area contributed by atoms with Gasteiger partial charge in [0, 0.05) is 23.9 Å². The summed E-state index contributed by atoms with van der Waals surface area (Å²) in [5.74, 6) is -0.663. The van der Waals surface area contributed by atoms with Gasteiger partial charge in [0.15, 0.2) is 0 Å². The maximum atomic E-state index is 11.6. The molecule has 1 aliphatic rings. The minimum atomic E-state index is -0.510. The Kier molecular flexibility index (Phi) is 5.86. The number of imide groups is 1. The number of nitrogens with one attached hydrogen (secondary N) is 1. The van der Waals surface area contributed by atoms with Crippen LogP contribution in [0.2, 0.25) is 0 Å². The van der Waals surface area contributed by atoms with E-state index in [0.717, 1.165) is 4.47 Å². The number of likely N-dealkylation sites (tertiary alicyclic amines) is 1. The van der Waals surface area contributed by atoms with Gasteiger partial charge in [-0.25, -0.2) is 4.79 Å². The van der Waals surface area contributed by atoms with Crippen molar-refractivity contribution in [1.29, 1.82) is 0 Å². The van der Waals surface area contributed by atoms with Gasteiger partial charge in [0.05, 0.1) is 12.0 Å². The molecule has 1 fully saturated rings. The second kappa shape index (κ2) is 7.87. The summed E-state index contributed by atoms with van der Waals surface area (Å²) in [5, 5.41) is 2.40. The van der Waals surface area contributed by atoms with Crippen LogP contribution in [-0.2, 0) is 19.2 Å². The first-order valence-corrected chi connectivity index (χ1v) is 7.94. The number of hydrogen-bond donors (Lipinski definition) is 2. The van der Waals surface area contributed by atoms with E-state index in [-0.39, 0.29) is 43.5 Å². The van der Waals surface area contributed by atoms with E-state index in [2.05, 4.69) is 21.1 Å². The fourth-order valence-corrected chi connectivity index (χ4v) is 2.37. The zero-order chi connectivity index (χ0) is 16.8. The molecule has 1 aromatic carbocycles. The van der Waals surface area contributed by atoms with Crippen molar-refractivity contribution in [3.63, 3.8) is 0 Å². The highest BCUT2D eigenvalue weighted by atomic mass is 79.9. The third-order valence-corrected chi connectivity index (χ3v) is 3.88. The van der Waals surface area contributed by atoms with Crippen LogP contribution in [-0.4, -0.2) is 35.1 Å². The summed E-state index contributed by atoms with van der Waals surface area (Å²) in [4.78, 5) is 40.5. The number of halogens is 1. The van der Waals surface area contributed by atoms with E-state index in [1.807, 2.05) is 12.1 Å². The van der Waals surface area contributed by atoms with Gasteiger partial charge in [-0.15, -0.1) is 0 Å². The molecule has 7 nitrogen and oxygen atoms in total. The van der Waals surface area contributed by atoms with E-state index in [1.54, 1.807) is 12.1 Å². The summed E-state index contributed by atoms with van der Waals surface area (Å²) in [6, 6.07) is 7.17. The first-order chi connectivity index (χ1) is 11.0. The lowest BCUT2D eigenvalue weighted by atomic mass is 10.2. The van der Waals surface area contributed by atoms with Crippen molar-refractivity contribution in [2.45, 2.75) is 25.7 Å². The summed E-state index contributed by atoms with van der Waals surface area (Å²) < 4.78 is 0.914. The summed E-state index contributed by atoms with van der Waals surface area (Å²) in [6.45, 7) is 0.235. The van der Waals surface area contributed by atoms with Crippen molar-refractivity contribution in [2.75, 3.05) is 6.54 Å². The first kappa shape index (κ1) is 17.1. The highest BCUT2D eigenvalue weighted by molar-refractivity contribution is 9.10. The molecule has 1 aliphatic heterocycles. The van der Waals surface area contributed by atoms with Crippen LogP contribution in [0.3, 0.4) is 0 Å². The van der Waals surface area contributed by atoms with E-state index in [9.17, 15) is 14.4 Å². The molecule has 0 atom stereocenters. The lowest BCUT2D eigenvalue weighted by Crippen LogP contribution is -2.75. The van der Waals surface area contributed by atoms with E-state index in [1.165, 1.54) is 4.90 Å². The molecule has 0 aromatic heterocycles. The van der Waals surface area contributed by atoms with Crippen molar-refractivity contribution in [2.24, 2.45) is 5.73 Å². The van der Waals surface area contributed by atoms with Crippen LogP contribution in [0, 0.1) is 0 Å². The maximum Gasteiger partial charge on any atom is 0.357 e. The minimum absolute atomic E-state index is 0.0810. The number of benzene rings is 1. The van der Waals surface area contributed by atoms with Crippen molar-refractivity contribution in [3.8, 4) is 0 Å². The smallest absolute Gasteiger partial charge is 0.284 e. The van der Waals surface area contributed by atoms with Crippen molar-refractivity contribution >= 4 is 39.5 Å². The number of rotatable bonds is 6. The van der Waals surface area contributed by atoms with Crippen molar-refractivity contribution in [1.82, 2.24) is 4.90 Å². The Labute approximate surface area is 141 Å². The lowest BCUT2D eigenvalue weighted by Gasteiger charge is -2.12. The van der Waals surface area contributed by atoms with Gasteiger partial charge in [-0.3, -0.25) is 25.1 Å². The fourth-order valence-electron chi connectivity index (χ4n) is 2.11. The van der Waals surface area contributed by atoms with Crippen LogP contribution >= 0.6 is 15.9 Å². The largest absolute Gasteiger partial charge is 0.357 e. The molecule has 23 heavy (non-hydrogen) atoms. The molecule has 3 N–H and O–H groups in total. The number of carbonyl (C=O) groups excluding carboxylic acids is 3. The quantitative estimate of drug-likeness (QED) is 0.229. The maximum absolute atomic E-state index is 11.6. The normalized spacial score (nSPS) is 15.2. The Morgan fingerprint density at radius 3 is 2.43 bits per heavy atom. The molecule has 0 radical (unpaired) electrons. The molecule has 1 saturated heterocycles. The Morgan fingerprint density at radius 1 is 1.22 bits per heavy atom. The third-order valence-electron chi connectivity index (χ3n) is 3.35. The Hall–Kier alpha value is -2.22. The lowest BCUT2D eigenvalue weighted by molar-refractivity contribution is -0.724. The fraction of sp³-hybridized carbons (Fsp3) is 0.333. The number of nitrogens with two attached hydrogens (primary N) is 1. The molecule has 2 amide bonds. The van der Waals surface area contributed by atoms with Gasteiger partial charge in [-0.05, 0) is 30.7 Å². The van der Waals surface area contributed by atoms with E-state index < -0.39 is 5.97 Å². The molecule has 2 rings (SSSR count).